The van der Waals surface area contributed by atoms with E-state index < -0.39 is 11.6 Å². The normalized spacial score (nSPS) is 22.4. The lowest BCUT2D eigenvalue weighted by atomic mass is 9.99. The SMILES string of the molecule is CC1(c2ccco2)NC(=O)N(Cc2cc(Br)cs2)C1=O. The van der Waals surface area contributed by atoms with Gasteiger partial charge in [0.25, 0.3) is 5.91 Å². The fraction of sp³-hybridized carbons (Fsp3) is 0.231. The van der Waals surface area contributed by atoms with Crippen LogP contribution in [0.2, 0.25) is 0 Å². The molecule has 0 radical (unpaired) electrons. The topological polar surface area (TPSA) is 62.6 Å². The van der Waals surface area contributed by atoms with Crippen LogP contribution in [-0.2, 0) is 16.9 Å². The summed E-state index contributed by atoms with van der Waals surface area (Å²) in [5.41, 5.74) is -1.13. The Hall–Kier alpha value is -1.60. The Morgan fingerprint density at radius 1 is 1.50 bits per heavy atom. The lowest BCUT2D eigenvalue weighted by Crippen LogP contribution is -2.40. The largest absolute Gasteiger partial charge is 0.466 e. The fourth-order valence-electron chi connectivity index (χ4n) is 2.16. The van der Waals surface area contributed by atoms with E-state index in [1.165, 1.54) is 22.5 Å². The average molecular weight is 355 g/mol. The molecule has 1 aliphatic heterocycles. The van der Waals surface area contributed by atoms with Gasteiger partial charge in [0, 0.05) is 14.7 Å². The molecule has 1 N–H and O–H groups in total. The highest BCUT2D eigenvalue weighted by Crippen LogP contribution is 2.31. The first-order chi connectivity index (χ1) is 9.50. The van der Waals surface area contributed by atoms with Crippen molar-refractivity contribution >= 4 is 39.2 Å². The maximum absolute atomic E-state index is 12.5. The summed E-state index contributed by atoms with van der Waals surface area (Å²) in [6.45, 7) is 1.91. The van der Waals surface area contributed by atoms with E-state index in [0.29, 0.717) is 5.76 Å². The highest BCUT2D eigenvalue weighted by molar-refractivity contribution is 9.10. The molecule has 0 bridgehead atoms. The molecular formula is C13H11BrN2O3S. The van der Waals surface area contributed by atoms with Crippen LogP contribution in [0.4, 0.5) is 4.79 Å². The number of halogens is 1. The quantitative estimate of drug-likeness (QED) is 0.861. The van der Waals surface area contributed by atoms with Crippen LogP contribution >= 0.6 is 27.3 Å². The minimum Gasteiger partial charge on any atom is -0.466 e. The highest BCUT2D eigenvalue weighted by Gasteiger charge is 2.50. The summed E-state index contributed by atoms with van der Waals surface area (Å²) >= 11 is 4.85. The molecule has 104 valence electrons. The lowest BCUT2D eigenvalue weighted by Gasteiger charge is -2.18. The van der Waals surface area contributed by atoms with E-state index in [1.54, 1.807) is 19.1 Å². The third kappa shape index (κ3) is 2.06. The summed E-state index contributed by atoms with van der Waals surface area (Å²) in [5, 5.41) is 4.61. The van der Waals surface area contributed by atoms with E-state index in [-0.39, 0.29) is 12.5 Å². The predicted octanol–water partition coefficient (Wildman–Crippen LogP) is 3.07. The Bertz CT molecular complexity index is 667. The molecule has 0 spiro atoms. The number of imide groups is 1. The van der Waals surface area contributed by atoms with Crippen LogP contribution in [0.5, 0.6) is 0 Å². The predicted molar refractivity (Wildman–Crippen MR) is 77.2 cm³/mol. The average Bonchev–Trinajstić information content (AvgIpc) is 3.09. The minimum absolute atomic E-state index is 0.261. The van der Waals surface area contributed by atoms with E-state index in [0.717, 1.165) is 9.35 Å². The molecule has 7 heteroatoms. The molecule has 0 aromatic carbocycles. The van der Waals surface area contributed by atoms with E-state index >= 15 is 0 Å². The van der Waals surface area contributed by atoms with Crippen molar-refractivity contribution in [1.29, 1.82) is 0 Å². The van der Waals surface area contributed by atoms with Gasteiger partial charge in [-0.15, -0.1) is 11.3 Å². The van der Waals surface area contributed by atoms with Gasteiger partial charge in [-0.3, -0.25) is 9.69 Å². The maximum Gasteiger partial charge on any atom is 0.325 e. The summed E-state index contributed by atoms with van der Waals surface area (Å²) in [7, 11) is 0. The smallest absolute Gasteiger partial charge is 0.325 e. The molecule has 1 aliphatic rings. The van der Waals surface area contributed by atoms with E-state index in [9.17, 15) is 9.59 Å². The van der Waals surface area contributed by atoms with Crippen LogP contribution in [0.15, 0.2) is 38.7 Å². The van der Waals surface area contributed by atoms with Crippen LogP contribution in [0.3, 0.4) is 0 Å². The second kappa shape index (κ2) is 4.75. The number of hydrogen-bond donors (Lipinski definition) is 1. The van der Waals surface area contributed by atoms with Crippen molar-refractivity contribution in [1.82, 2.24) is 10.2 Å². The number of amides is 3. The molecule has 2 aromatic rings. The monoisotopic (exact) mass is 354 g/mol. The van der Waals surface area contributed by atoms with Crippen molar-refractivity contribution in [2.75, 3.05) is 0 Å². The Labute approximate surface area is 127 Å². The number of hydrogen-bond acceptors (Lipinski definition) is 4. The van der Waals surface area contributed by atoms with Gasteiger partial charge in [-0.2, -0.15) is 0 Å². The van der Waals surface area contributed by atoms with Gasteiger partial charge >= 0.3 is 6.03 Å². The number of carbonyl (C=O) groups excluding carboxylic acids is 2. The molecule has 2 aromatic heterocycles. The maximum atomic E-state index is 12.5. The summed E-state index contributed by atoms with van der Waals surface area (Å²) in [4.78, 5) is 26.7. The molecule has 1 saturated heterocycles. The zero-order chi connectivity index (χ0) is 14.3. The first-order valence-corrected chi connectivity index (χ1v) is 7.59. The summed E-state index contributed by atoms with van der Waals surface area (Å²) in [6, 6.07) is 4.87. The number of rotatable bonds is 3. The van der Waals surface area contributed by atoms with Gasteiger partial charge in [0.1, 0.15) is 5.76 Å². The van der Waals surface area contributed by atoms with E-state index in [4.69, 9.17) is 4.42 Å². The van der Waals surface area contributed by atoms with Crippen molar-refractivity contribution in [2.45, 2.75) is 19.0 Å². The first-order valence-electron chi connectivity index (χ1n) is 5.92. The Kier molecular flexibility index (Phi) is 3.18. The molecule has 3 rings (SSSR count). The van der Waals surface area contributed by atoms with Gasteiger partial charge in [-0.1, -0.05) is 0 Å². The van der Waals surface area contributed by atoms with Crippen molar-refractivity contribution in [3.63, 3.8) is 0 Å². The molecule has 3 amide bonds. The lowest BCUT2D eigenvalue weighted by molar-refractivity contribution is -0.132. The zero-order valence-electron chi connectivity index (χ0n) is 10.6. The van der Waals surface area contributed by atoms with Crippen molar-refractivity contribution in [2.24, 2.45) is 0 Å². The Morgan fingerprint density at radius 3 is 2.90 bits per heavy atom. The van der Waals surface area contributed by atoms with Crippen LogP contribution in [0.25, 0.3) is 0 Å². The number of nitrogens with one attached hydrogen (secondary N) is 1. The van der Waals surface area contributed by atoms with E-state index in [1.807, 2.05) is 11.4 Å². The van der Waals surface area contributed by atoms with Crippen molar-refractivity contribution in [3.05, 3.63) is 45.0 Å². The highest BCUT2D eigenvalue weighted by atomic mass is 79.9. The fourth-order valence-corrected chi connectivity index (χ4v) is 3.60. The minimum atomic E-state index is -1.13. The second-order valence-electron chi connectivity index (χ2n) is 4.65. The van der Waals surface area contributed by atoms with Crippen molar-refractivity contribution < 1.29 is 14.0 Å². The van der Waals surface area contributed by atoms with Gasteiger partial charge in [0.2, 0.25) is 0 Å². The summed E-state index contributed by atoms with van der Waals surface area (Å²) in [6.07, 6.45) is 1.49. The molecule has 20 heavy (non-hydrogen) atoms. The van der Waals surface area contributed by atoms with Gasteiger partial charge in [0.15, 0.2) is 5.54 Å². The molecule has 1 unspecified atom stereocenters. The second-order valence-corrected chi connectivity index (χ2v) is 6.57. The summed E-state index contributed by atoms with van der Waals surface area (Å²) < 4.78 is 6.22. The molecular weight excluding hydrogens is 344 g/mol. The summed E-state index contributed by atoms with van der Waals surface area (Å²) in [5.74, 6) is 0.132. The number of nitrogens with zero attached hydrogens (tertiary/aromatic N) is 1. The number of thiophene rings is 1. The van der Waals surface area contributed by atoms with Crippen LogP contribution in [0, 0.1) is 0 Å². The van der Waals surface area contributed by atoms with Crippen LogP contribution < -0.4 is 5.32 Å². The van der Waals surface area contributed by atoms with Gasteiger partial charge < -0.3 is 9.73 Å². The van der Waals surface area contributed by atoms with Crippen LogP contribution in [-0.4, -0.2) is 16.8 Å². The van der Waals surface area contributed by atoms with Crippen LogP contribution in [0.1, 0.15) is 17.6 Å². The first kappa shape index (κ1) is 13.4. The molecule has 3 heterocycles. The molecule has 0 saturated carbocycles. The van der Waals surface area contributed by atoms with Gasteiger partial charge in [0.05, 0.1) is 12.8 Å². The van der Waals surface area contributed by atoms with E-state index in [2.05, 4.69) is 21.2 Å². The number of urea groups is 1. The zero-order valence-corrected chi connectivity index (χ0v) is 13.0. The van der Waals surface area contributed by atoms with Gasteiger partial charge in [-0.05, 0) is 41.1 Å². The standard InChI is InChI=1S/C13H11BrN2O3S/c1-13(10-3-2-4-19-10)11(17)16(12(18)15-13)6-9-5-8(14)7-20-9/h2-5,7H,6H2,1H3,(H,15,18). The van der Waals surface area contributed by atoms with Crippen molar-refractivity contribution in [3.8, 4) is 0 Å². The molecule has 1 atom stereocenters. The third-order valence-corrected chi connectivity index (χ3v) is 4.91. The van der Waals surface area contributed by atoms with Gasteiger partial charge in [-0.25, -0.2) is 4.79 Å². The molecule has 5 nitrogen and oxygen atoms in total. The Balaban J connectivity index is 1.87. The molecule has 1 fully saturated rings. The molecule has 0 aliphatic carbocycles. The third-order valence-electron chi connectivity index (χ3n) is 3.22. The number of furan rings is 1. The Morgan fingerprint density at radius 2 is 2.30 bits per heavy atom. The number of carbonyl (C=O) groups is 2.